The summed E-state index contributed by atoms with van der Waals surface area (Å²) in [5.74, 6) is 0.0402. The molecule has 120 valence electrons. The third-order valence-corrected chi connectivity index (χ3v) is 4.32. The van der Waals surface area contributed by atoms with Gasteiger partial charge in [-0.25, -0.2) is 4.39 Å². The molecule has 0 amide bonds. The number of rotatable bonds is 6. The lowest BCUT2D eigenvalue weighted by atomic mass is 9.79. The molecule has 1 fully saturated rings. The fraction of sp³-hybridized carbons (Fsp3) is 0.556. The number of Topliss-reactive ketones (excluding diaryl/α,β-unsaturated/α-hetero) is 1. The Hall–Kier alpha value is -1.71. The topological polar surface area (TPSA) is 43.4 Å². The number of halogens is 1. The molecule has 4 heteroatoms. The summed E-state index contributed by atoms with van der Waals surface area (Å²) in [6.07, 6.45) is 5.57. The van der Waals surface area contributed by atoms with E-state index in [2.05, 4.69) is 6.92 Å². The third-order valence-electron chi connectivity index (χ3n) is 4.32. The average molecular weight is 306 g/mol. The van der Waals surface area contributed by atoms with Crippen LogP contribution in [0.15, 0.2) is 24.3 Å². The summed E-state index contributed by atoms with van der Waals surface area (Å²) in [7, 11) is 0. The predicted molar refractivity (Wildman–Crippen MR) is 82.0 cm³/mol. The summed E-state index contributed by atoms with van der Waals surface area (Å²) >= 11 is 0. The second kappa shape index (κ2) is 8.06. The van der Waals surface area contributed by atoms with Crippen molar-refractivity contribution in [2.75, 3.05) is 0 Å². The molecule has 2 rings (SSSR count). The van der Waals surface area contributed by atoms with E-state index in [0.29, 0.717) is 30.8 Å². The molecule has 0 spiro atoms. The van der Waals surface area contributed by atoms with E-state index in [1.165, 1.54) is 24.3 Å². The molecule has 1 saturated carbocycles. The Morgan fingerprint density at radius 2 is 1.68 bits per heavy atom. The molecule has 3 nitrogen and oxygen atoms in total. The van der Waals surface area contributed by atoms with Crippen LogP contribution in [-0.4, -0.2) is 11.8 Å². The van der Waals surface area contributed by atoms with Crippen molar-refractivity contribution in [3.05, 3.63) is 30.1 Å². The molecule has 22 heavy (non-hydrogen) atoms. The Bertz CT molecular complexity index is 502. The van der Waals surface area contributed by atoms with E-state index in [-0.39, 0.29) is 23.6 Å². The normalized spacial score (nSPS) is 21.4. The number of ether oxygens (including phenoxy) is 1. The lowest BCUT2D eigenvalue weighted by molar-refractivity contribution is -0.141. The fourth-order valence-electron chi connectivity index (χ4n) is 2.91. The van der Waals surface area contributed by atoms with Gasteiger partial charge >= 0.3 is 5.97 Å². The number of unbranched alkanes of at least 4 members (excludes halogenated alkanes) is 1. The standard InChI is InChI=1S/C18H23FO3/c1-2-3-4-17(20)13-5-7-14(8-6-13)18(21)22-16-11-9-15(19)10-12-16/h9-14H,2-8H2,1H3. The van der Waals surface area contributed by atoms with Crippen molar-refractivity contribution < 1.29 is 18.7 Å². The largest absolute Gasteiger partial charge is 0.426 e. The second-order valence-corrected chi connectivity index (χ2v) is 5.99. The van der Waals surface area contributed by atoms with E-state index in [1.54, 1.807) is 0 Å². The summed E-state index contributed by atoms with van der Waals surface area (Å²) in [6.45, 7) is 2.08. The molecule has 1 aliphatic rings. The molecule has 0 N–H and O–H groups in total. The van der Waals surface area contributed by atoms with Crippen LogP contribution in [0.2, 0.25) is 0 Å². The zero-order chi connectivity index (χ0) is 15.9. The van der Waals surface area contributed by atoms with E-state index in [1.807, 2.05) is 0 Å². The molecule has 0 bridgehead atoms. The van der Waals surface area contributed by atoms with Crippen LogP contribution < -0.4 is 4.74 Å². The minimum Gasteiger partial charge on any atom is -0.426 e. The first kappa shape index (κ1) is 16.7. The maximum absolute atomic E-state index is 12.8. The van der Waals surface area contributed by atoms with Gasteiger partial charge in [0.25, 0.3) is 0 Å². The molecular formula is C18H23FO3. The van der Waals surface area contributed by atoms with E-state index >= 15 is 0 Å². The van der Waals surface area contributed by atoms with Crippen molar-refractivity contribution in [2.45, 2.75) is 51.9 Å². The highest BCUT2D eigenvalue weighted by Gasteiger charge is 2.30. The minimum atomic E-state index is -0.356. The van der Waals surface area contributed by atoms with Crippen LogP contribution in [0.25, 0.3) is 0 Å². The number of esters is 1. The first-order valence-electron chi connectivity index (χ1n) is 8.10. The van der Waals surface area contributed by atoms with Crippen molar-refractivity contribution in [2.24, 2.45) is 11.8 Å². The van der Waals surface area contributed by atoms with Gasteiger partial charge in [0.1, 0.15) is 17.3 Å². The van der Waals surface area contributed by atoms with Crippen LogP contribution in [0, 0.1) is 17.7 Å². The molecule has 1 aromatic carbocycles. The summed E-state index contributed by atoms with van der Waals surface area (Å²) in [5, 5.41) is 0. The van der Waals surface area contributed by atoms with Crippen LogP contribution >= 0.6 is 0 Å². The first-order chi connectivity index (χ1) is 10.6. The number of carbonyl (C=O) groups is 2. The molecule has 1 aliphatic carbocycles. The van der Waals surface area contributed by atoms with Crippen molar-refractivity contribution in [1.82, 2.24) is 0 Å². The van der Waals surface area contributed by atoms with Crippen LogP contribution in [0.1, 0.15) is 51.9 Å². The third kappa shape index (κ3) is 4.65. The van der Waals surface area contributed by atoms with Gasteiger partial charge in [0.2, 0.25) is 0 Å². The highest BCUT2D eigenvalue weighted by atomic mass is 19.1. The highest BCUT2D eigenvalue weighted by Crippen LogP contribution is 2.31. The number of hydrogen-bond acceptors (Lipinski definition) is 3. The number of hydrogen-bond donors (Lipinski definition) is 0. The average Bonchev–Trinajstić information content (AvgIpc) is 2.55. The van der Waals surface area contributed by atoms with Crippen LogP contribution in [0.5, 0.6) is 5.75 Å². The zero-order valence-corrected chi connectivity index (χ0v) is 13.0. The second-order valence-electron chi connectivity index (χ2n) is 5.99. The van der Waals surface area contributed by atoms with E-state index < -0.39 is 0 Å². The van der Waals surface area contributed by atoms with Gasteiger partial charge in [-0.1, -0.05) is 13.3 Å². The van der Waals surface area contributed by atoms with E-state index in [9.17, 15) is 14.0 Å². The Labute approximate surface area is 130 Å². The highest BCUT2D eigenvalue weighted by molar-refractivity contribution is 5.81. The minimum absolute atomic E-state index is 0.112. The van der Waals surface area contributed by atoms with Gasteiger partial charge in [-0.05, 0) is 56.4 Å². The summed E-state index contributed by atoms with van der Waals surface area (Å²) in [6, 6.07) is 5.44. The van der Waals surface area contributed by atoms with Gasteiger partial charge in [0.15, 0.2) is 0 Å². The quantitative estimate of drug-likeness (QED) is 0.581. The monoisotopic (exact) mass is 306 g/mol. The van der Waals surface area contributed by atoms with Crippen LogP contribution in [0.4, 0.5) is 4.39 Å². The maximum atomic E-state index is 12.8. The molecule has 1 aromatic rings. The first-order valence-corrected chi connectivity index (χ1v) is 8.10. The maximum Gasteiger partial charge on any atom is 0.314 e. The summed E-state index contributed by atoms with van der Waals surface area (Å²) < 4.78 is 18.1. The van der Waals surface area contributed by atoms with Gasteiger partial charge in [-0.3, -0.25) is 9.59 Å². The summed E-state index contributed by atoms with van der Waals surface area (Å²) in [5.41, 5.74) is 0. The Kier molecular flexibility index (Phi) is 6.10. The predicted octanol–water partition coefficient (Wildman–Crippen LogP) is 4.30. The Morgan fingerprint density at radius 1 is 1.09 bits per heavy atom. The SMILES string of the molecule is CCCCC(=O)C1CCC(C(=O)Oc2ccc(F)cc2)CC1. The lowest BCUT2D eigenvalue weighted by Crippen LogP contribution is -2.28. The van der Waals surface area contributed by atoms with E-state index in [0.717, 1.165) is 25.7 Å². The van der Waals surface area contributed by atoms with Gasteiger partial charge in [0.05, 0.1) is 5.92 Å². The molecule has 0 unspecified atom stereocenters. The lowest BCUT2D eigenvalue weighted by Gasteiger charge is -2.26. The molecular weight excluding hydrogens is 283 g/mol. The smallest absolute Gasteiger partial charge is 0.314 e. The molecule has 0 saturated heterocycles. The van der Waals surface area contributed by atoms with Gasteiger partial charge in [-0.15, -0.1) is 0 Å². The zero-order valence-electron chi connectivity index (χ0n) is 13.0. The van der Waals surface area contributed by atoms with Gasteiger partial charge in [0, 0.05) is 12.3 Å². The van der Waals surface area contributed by atoms with Crippen LogP contribution in [-0.2, 0) is 9.59 Å². The number of ketones is 1. The van der Waals surface area contributed by atoms with Gasteiger partial charge < -0.3 is 4.74 Å². The molecule has 0 aromatic heterocycles. The van der Waals surface area contributed by atoms with Crippen molar-refractivity contribution >= 4 is 11.8 Å². The Morgan fingerprint density at radius 3 is 2.27 bits per heavy atom. The van der Waals surface area contributed by atoms with Crippen molar-refractivity contribution in [3.8, 4) is 5.75 Å². The molecule has 0 atom stereocenters. The van der Waals surface area contributed by atoms with E-state index in [4.69, 9.17) is 4.74 Å². The van der Waals surface area contributed by atoms with Crippen molar-refractivity contribution in [3.63, 3.8) is 0 Å². The molecule has 0 heterocycles. The molecule has 0 aliphatic heterocycles. The van der Waals surface area contributed by atoms with Crippen LogP contribution in [0.3, 0.4) is 0 Å². The van der Waals surface area contributed by atoms with Crippen molar-refractivity contribution in [1.29, 1.82) is 0 Å². The van der Waals surface area contributed by atoms with Gasteiger partial charge in [-0.2, -0.15) is 0 Å². The number of benzene rings is 1. The molecule has 0 radical (unpaired) electrons. The Balaban J connectivity index is 1.79. The fourth-order valence-corrected chi connectivity index (χ4v) is 2.91. The summed E-state index contributed by atoms with van der Waals surface area (Å²) in [4.78, 5) is 24.1. The number of carbonyl (C=O) groups excluding carboxylic acids is 2.